The number of morpholine rings is 1. The van der Waals surface area contributed by atoms with Crippen molar-refractivity contribution in [1.29, 1.82) is 0 Å². The Kier molecular flexibility index (Phi) is 6.64. The second-order valence-corrected chi connectivity index (χ2v) is 7.98. The zero-order valence-electron chi connectivity index (χ0n) is 17.2. The van der Waals surface area contributed by atoms with Crippen LogP contribution in [0, 0.1) is 5.92 Å². The first-order valence-corrected chi connectivity index (χ1v) is 10.8. The maximum absolute atomic E-state index is 12.9. The van der Waals surface area contributed by atoms with E-state index in [9.17, 15) is 9.59 Å². The van der Waals surface area contributed by atoms with Gasteiger partial charge in [0.2, 0.25) is 5.91 Å². The van der Waals surface area contributed by atoms with Crippen LogP contribution >= 0.6 is 0 Å². The van der Waals surface area contributed by atoms with E-state index < -0.39 is 0 Å². The Morgan fingerprint density at radius 1 is 0.900 bits per heavy atom. The minimum absolute atomic E-state index is 0.0601. The number of amides is 2. The van der Waals surface area contributed by atoms with Crippen LogP contribution in [0.15, 0.2) is 48.5 Å². The van der Waals surface area contributed by atoms with E-state index in [1.807, 2.05) is 30.3 Å². The topological polar surface area (TPSA) is 70.7 Å². The summed E-state index contributed by atoms with van der Waals surface area (Å²) in [7, 11) is 0. The van der Waals surface area contributed by atoms with Crippen LogP contribution in [-0.4, -0.2) is 38.1 Å². The zero-order chi connectivity index (χ0) is 20.8. The number of carbonyl (C=O) groups excluding carboxylic acids is 2. The number of carbonyl (C=O) groups is 2. The van der Waals surface area contributed by atoms with E-state index in [0.717, 1.165) is 50.1 Å². The second-order valence-electron chi connectivity index (χ2n) is 7.98. The average molecular weight is 408 g/mol. The Morgan fingerprint density at radius 3 is 2.47 bits per heavy atom. The lowest BCUT2D eigenvalue weighted by molar-refractivity contribution is -0.120. The van der Waals surface area contributed by atoms with Crippen LogP contribution in [0.1, 0.15) is 42.5 Å². The molecule has 0 spiro atoms. The predicted molar refractivity (Wildman–Crippen MR) is 119 cm³/mol. The third-order valence-electron chi connectivity index (χ3n) is 5.87. The minimum atomic E-state index is -0.190. The summed E-state index contributed by atoms with van der Waals surface area (Å²) in [4.78, 5) is 27.7. The number of ether oxygens (including phenoxy) is 1. The zero-order valence-corrected chi connectivity index (χ0v) is 17.2. The van der Waals surface area contributed by atoms with Crippen LogP contribution in [0.25, 0.3) is 0 Å². The molecule has 30 heavy (non-hydrogen) atoms. The summed E-state index contributed by atoms with van der Waals surface area (Å²) < 4.78 is 5.44. The lowest BCUT2D eigenvalue weighted by Gasteiger charge is -2.30. The molecule has 2 aromatic carbocycles. The Morgan fingerprint density at radius 2 is 1.67 bits per heavy atom. The number of hydrogen-bond acceptors (Lipinski definition) is 4. The lowest BCUT2D eigenvalue weighted by atomic mass is 9.88. The van der Waals surface area contributed by atoms with Crippen molar-refractivity contribution >= 4 is 28.9 Å². The normalized spacial score (nSPS) is 17.4. The Bertz CT molecular complexity index is 887. The summed E-state index contributed by atoms with van der Waals surface area (Å²) in [6.45, 7) is 2.97. The summed E-state index contributed by atoms with van der Waals surface area (Å²) in [5.74, 6) is -0.0500. The van der Waals surface area contributed by atoms with Gasteiger partial charge < -0.3 is 20.3 Å². The third kappa shape index (κ3) is 5.00. The van der Waals surface area contributed by atoms with Crippen molar-refractivity contribution in [3.63, 3.8) is 0 Å². The summed E-state index contributed by atoms with van der Waals surface area (Å²) >= 11 is 0. The highest BCUT2D eigenvalue weighted by Crippen LogP contribution is 2.28. The summed E-state index contributed by atoms with van der Waals surface area (Å²) in [5, 5.41) is 6.03. The Labute approximate surface area is 177 Å². The fraction of sp³-hybridized carbons (Fsp3) is 0.417. The molecule has 0 aromatic heterocycles. The van der Waals surface area contributed by atoms with Gasteiger partial charge >= 0.3 is 0 Å². The lowest BCUT2D eigenvalue weighted by Crippen LogP contribution is -2.36. The van der Waals surface area contributed by atoms with Gasteiger partial charge in [0.05, 0.1) is 24.6 Å². The smallest absolute Gasteiger partial charge is 0.255 e. The number of hydrogen-bond donors (Lipinski definition) is 2. The van der Waals surface area contributed by atoms with E-state index in [0.29, 0.717) is 24.5 Å². The van der Waals surface area contributed by atoms with Gasteiger partial charge in [-0.1, -0.05) is 37.5 Å². The van der Waals surface area contributed by atoms with E-state index in [2.05, 4.69) is 15.5 Å². The number of nitrogens with zero attached hydrogens (tertiary/aromatic N) is 1. The van der Waals surface area contributed by atoms with E-state index in [4.69, 9.17) is 4.74 Å². The maximum atomic E-state index is 12.9. The van der Waals surface area contributed by atoms with Crippen LogP contribution in [0.3, 0.4) is 0 Å². The van der Waals surface area contributed by atoms with E-state index in [1.54, 1.807) is 18.2 Å². The largest absolute Gasteiger partial charge is 0.378 e. The Balaban J connectivity index is 1.44. The van der Waals surface area contributed by atoms with E-state index in [-0.39, 0.29) is 17.7 Å². The van der Waals surface area contributed by atoms with Gasteiger partial charge in [0.25, 0.3) is 5.91 Å². The molecule has 2 fully saturated rings. The van der Waals surface area contributed by atoms with E-state index >= 15 is 0 Å². The van der Waals surface area contributed by atoms with Crippen LogP contribution < -0.4 is 15.5 Å². The predicted octanol–water partition coefficient (Wildman–Crippen LogP) is 4.29. The fourth-order valence-corrected chi connectivity index (χ4v) is 4.20. The van der Waals surface area contributed by atoms with Gasteiger partial charge in [-0.15, -0.1) is 0 Å². The summed E-state index contributed by atoms with van der Waals surface area (Å²) in [6.07, 6.45) is 5.34. The molecule has 2 amide bonds. The number of para-hydroxylation sites is 2. The molecule has 2 aromatic rings. The van der Waals surface area contributed by atoms with Crippen molar-refractivity contribution < 1.29 is 14.3 Å². The van der Waals surface area contributed by atoms with Gasteiger partial charge in [-0.2, -0.15) is 0 Å². The monoisotopic (exact) mass is 407 g/mol. The van der Waals surface area contributed by atoms with Crippen molar-refractivity contribution in [2.24, 2.45) is 5.92 Å². The molecule has 6 heteroatoms. The molecule has 0 unspecified atom stereocenters. The SMILES string of the molecule is O=C(Nc1ccccc1N1CCOCC1)c1cccc(NC(=O)C2CCCCC2)c1. The molecule has 4 rings (SSSR count). The van der Waals surface area contributed by atoms with Crippen LogP contribution in [-0.2, 0) is 9.53 Å². The first-order chi connectivity index (χ1) is 14.7. The molecule has 1 aliphatic carbocycles. The molecule has 2 aliphatic rings. The molecule has 1 heterocycles. The molecule has 2 N–H and O–H groups in total. The standard InChI is InChI=1S/C24H29N3O3/c28-23(18-7-2-1-3-8-18)25-20-10-6-9-19(17-20)24(29)26-21-11-4-5-12-22(21)27-13-15-30-16-14-27/h4-6,9-12,17-18H,1-3,7-8,13-16H2,(H,25,28)(H,26,29). The van der Waals surface area contributed by atoms with Crippen molar-refractivity contribution in [3.8, 4) is 0 Å². The summed E-state index contributed by atoms with van der Waals surface area (Å²) in [5.41, 5.74) is 2.96. The summed E-state index contributed by atoms with van der Waals surface area (Å²) in [6, 6.07) is 15.0. The van der Waals surface area contributed by atoms with Crippen molar-refractivity contribution in [1.82, 2.24) is 0 Å². The average Bonchev–Trinajstić information content (AvgIpc) is 2.81. The molecule has 1 aliphatic heterocycles. The maximum Gasteiger partial charge on any atom is 0.255 e. The Hall–Kier alpha value is -2.86. The molecule has 1 saturated carbocycles. The van der Waals surface area contributed by atoms with Gasteiger partial charge in [-0.3, -0.25) is 9.59 Å². The van der Waals surface area contributed by atoms with Crippen molar-refractivity contribution in [2.75, 3.05) is 41.8 Å². The molecule has 0 atom stereocenters. The molecule has 0 bridgehead atoms. The van der Waals surface area contributed by atoms with Gasteiger partial charge in [0, 0.05) is 30.3 Å². The number of benzene rings is 2. The number of rotatable bonds is 5. The third-order valence-corrected chi connectivity index (χ3v) is 5.87. The fourth-order valence-electron chi connectivity index (χ4n) is 4.20. The number of nitrogens with one attached hydrogen (secondary N) is 2. The van der Waals surface area contributed by atoms with Crippen LogP contribution in [0.4, 0.5) is 17.1 Å². The quantitative estimate of drug-likeness (QED) is 0.776. The van der Waals surface area contributed by atoms with Gasteiger partial charge in [0.1, 0.15) is 0 Å². The molecule has 158 valence electrons. The van der Waals surface area contributed by atoms with E-state index in [1.165, 1.54) is 6.42 Å². The molecule has 1 saturated heterocycles. The first kappa shape index (κ1) is 20.4. The molecular formula is C24H29N3O3. The number of anilines is 3. The van der Waals surface area contributed by atoms with Gasteiger partial charge in [0.15, 0.2) is 0 Å². The van der Waals surface area contributed by atoms with Crippen LogP contribution in [0.2, 0.25) is 0 Å². The molecule has 6 nitrogen and oxygen atoms in total. The van der Waals surface area contributed by atoms with Crippen molar-refractivity contribution in [3.05, 3.63) is 54.1 Å². The van der Waals surface area contributed by atoms with Crippen molar-refractivity contribution in [2.45, 2.75) is 32.1 Å². The molecule has 0 radical (unpaired) electrons. The first-order valence-electron chi connectivity index (χ1n) is 10.8. The highest BCUT2D eigenvalue weighted by atomic mass is 16.5. The molecular weight excluding hydrogens is 378 g/mol. The van der Waals surface area contributed by atoms with Gasteiger partial charge in [-0.25, -0.2) is 0 Å². The second kappa shape index (κ2) is 9.76. The van der Waals surface area contributed by atoms with Gasteiger partial charge in [-0.05, 0) is 43.2 Å². The van der Waals surface area contributed by atoms with Crippen LogP contribution in [0.5, 0.6) is 0 Å². The minimum Gasteiger partial charge on any atom is -0.378 e. The highest BCUT2D eigenvalue weighted by molar-refractivity contribution is 6.07. The highest BCUT2D eigenvalue weighted by Gasteiger charge is 2.21.